The van der Waals surface area contributed by atoms with Crippen molar-refractivity contribution in [2.24, 2.45) is 0 Å². The van der Waals surface area contributed by atoms with Gasteiger partial charge in [0.25, 0.3) is 0 Å². The van der Waals surface area contributed by atoms with Crippen molar-refractivity contribution in [1.82, 2.24) is 9.55 Å². The second kappa shape index (κ2) is 7.68. The van der Waals surface area contributed by atoms with Crippen LogP contribution in [0.2, 0.25) is 0 Å². The number of thioether (sulfide) groups is 1. The summed E-state index contributed by atoms with van der Waals surface area (Å²) in [5.74, 6) is 1.05. The van der Waals surface area contributed by atoms with Crippen molar-refractivity contribution >= 4 is 33.4 Å². The number of benzene rings is 1. The molecule has 0 aliphatic heterocycles. The zero-order valence-electron chi connectivity index (χ0n) is 16.4. The molecule has 1 fully saturated rings. The fraction of sp³-hybridized carbons (Fsp3) is 0.478. The fourth-order valence-electron chi connectivity index (χ4n) is 4.67. The lowest BCUT2D eigenvalue weighted by atomic mass is 9.91. The van der Waals surface area contributed by atoms with Crippen LogP contribution in [-0.2, 0) is 12.8 Å². The summed E-state index contributed by atoms with van der Waals surface area (Å²) in [5, 5.41) is 1.06. The van der Waals surface area contributed by atoms with Gasteiger partial charge in [-0.1, -0.05) is 62.2 Å². The highest BCUT2D eigenvalue weighted by Crippen LogP contribution is 2.41. The van der Waals surface area contributed by atoms with Crippen LogP contribution in [0.5, 0.6) is 0 Å². The number of nitrogens with zero attached hydrogens (tertiary/aromatic N) is 2. The molecule has 2 aromatic heterocycles. The normalized spacial score (nSPS) is 16.9. The zero-order chi connectivity index (χ0) is 19.1. The van der Waals surface area contributed by atoms with Crippen molar-refractivity contribution in [1.29, 1.82) is 0 Å². The van der Waals surface area contributed by atoms with Crippen LogP contribution >= 0.6 is 23.1 Å². The van der Waals surface area contributed by atoms with E-state index in [0.717, 1.165) is 40.6 Å². The molecule has 3 aromatic rings. The molecule has 5 heteroatoms. The molecule has 3 nitrogen and oxygen atoms in total. The van der Waals surface area contributed by atoms with Gasteiger partial charge in [0.1, 0.15) is 10.3 Å². The van der Waals surface area contributed by atoms with Crippen LogP contribution in [0.3, 0.4) is 0 Å². The Hall–Kier alpha value is -1.59. The van der Waals surface area contributed by atoms with E-state index in [1.54, 1.807) is 0 Å². The Morgan fingerprint density at radius 1 is 1.18 bits per heavy atom. The topological polar surface area (TPSA) is 34.9 Å². The van der Waals surface area contributed by atoms with Crippen molar-refractivity contribution in [2.75, 3.05) is 5.75 Å². The molecule has 0 bridgehead atoms. The van der Waals surface area contributed by atoms with E-state index >= 15 is 0 Å². The zero-order valence-corrected chi connectivity index (χ0v) is 18.0. The Kier molecular flexibility index (Phi) is 5.06. The van der Waals surface area contributed by atoms with Crippen molar-refractivity contribution in [3.8, 4) is 10.4 Å². The fourth-order valence-corrected chi connectivity index (χ4v) is 7.04. The second-order valence-corrected chi connectivity index (χ2v) is 10.0. The summed E-state index contributed by atoms with van der Waals surface area (Å²) in [7, 11) is 0. The largest absolute Gasteiger partial charge is 0.307 e. The van der Waals surface area contributed by atoms with Gasteiger partial charge in [-0.25, -0.2) is 4.98 Å². The van der Waals surface area contributed by atoms with E-state index in [0.29, 0.717) is 11.6 Å². The third-order valence-corrected chi connectivity index (χ3v) is 8.49. The molecular formula is C23H26N2OS2. The molecule has 0 amide bonds. The highest BCUT2D eigenvalue weighted by atomic mass is 32.2. The molecule has 0 atom stereocenters. The van der Waals surface area contributed by atoms with Gasteiger partial charge in [0.15, 0.2) is 5.16 Å². The average molecular weight is 411 g/mol. The molecule has 28 heavy (non-hydrogen) atoms. The first-order valence-electron chi connectivity index (χ1n) is 10.6. The SMILES string of the molecule is CCCSc1nc2c(=O)c3c(sc2n1C1CCCCC1)-c1ccccc1CC3. The number of rotatable bonds is 4. The molecule has 146 valence electrons. The van der Waals surface area contributed by atoms with Gasteiger partial charge in [-0.3, -0.25) is 4.79 Å². The van der Waals surface area contributed by atoms with Gasteiger partial charge in [-0.15, -0.1) is 11.3 Å². The van der Waals surface area contributed by atoms with Crippen LogP contribution in [0, 0.1) is 0 Å². The van der Waals surface area contributed by atoms with E-state index < -0.39 is 0 Å². The van der Waals surface area contributed by atoms with Gasteiger partial charge in [0, 0.05) is 22.2 Å². The lowest BCUT2D eigenvalue weighted by Crippen LogP contribution is -2.16. The lowest BCUT2D eigenvalue weighted by Gasteiger charge is -2.25. The first-order valence-corrected chi connectivity index (χ1v) is 12.4. The van der Waals surface area contributed by atoms with E-state index in [9.17, 15) is 4.79 Å². The number of hydrogen-bond acceptors (Lipinski definition) is 4. The van der Waals surface area contributed by atoms with Gasteiger partial charge in [0.05, 0.1) is 0 Å². The quantitative estimate of drug-likeness (QED) is 0.478. The summed E-state index contributed by atoms with van der Waals surface area (Å²) < 4.78 is 2.44. The molecule has 0 spiro atoms. The van der Waals surface area contributed by atoms with Crippen LogP contribution in [0.25, 0.3) is 20.8 Å². The minimum Gasteiger partial charge on any atom is -0.307 e. The van der Waals surface area contributed by atoms with Crippen LogP contribution < -0.4 is 5.43 Å². The van der Waals surface area contributed by atoms with Crippen LogP contribution in [0.15, 0.2) is 34.2 Å². The summed E-state index contributed by atoms with van der Waals surface area (Å²) in [6.07, 6.45) is 9.23. The lowest BCUT2D eigenvalue weighted by molar-refractivity contribution is 0.344. The summed E-state index contributed by atoms with van der Waals surface area (Å²) in [4.78, 5) is 20.6. The monoisotopic (exact) mass is 410 g/mol. The summed E-state index contributed by atoms with van der Waals surface area (Å²) >= 11 is 3.63. The molecule has 0 radical (unpaired) electrons. The predicted molar refractivity (Wildman–Crippen MR) is 120 cm³/mol. The number of fused-ring (bicyclic) bond motifs is 4. The number of imidazole rings is 1. The molecule has 2 aliphatic carbocycles. The maximum absolute atomic E-state index is 13.4. The van der Waals surface area contributed by atoms with Crippen LogP contribution in [0.4, 0.5) is 0 Å². The molecule has 1 saturated carbocycles. The van der Waals surface area contributed by atoms with Crippen molar-refractivity contribution in [3.63, 3.8) is 0 Å². The van der Waals surface area contributed by atoms with Crippen molar-refractivity contribution < 1.29 is 0 Å². The molecular weight excluding hydrogens is 384 g/mol. The van der Waals surface area contributed by atoms with E-state index in [-0.39, 0.29) is 5.43 Å². The average Bonchev–Trinajstić information content (AvgIpc) is 3.11. The third kappa shape index (κ3) is 3.03. The maximum Gasteiger partial charge on any atom is 0.211 e. The molecule has 2 heterocycles. The van der Waals surface area contributed by atoms with E-state index in [4.69, 9.17) is 4.98 Å². The van der Waals surface area contributed by atoms with Gasteiger partial charge in [-0.2, -0.15) is 0 Å². The molecule has 1 aromatic carbocycles. The van der Waals surface area contributed by atoms with E-state index in [2.05, 4.69) is 35.8 Å². The molecule has 0 N–H and O–H groups in total. The summed E-state index contributed by atoms with van der Waals surface area (Å²) in [6.45, 7) is 2.21. The first-order chi connectivity index (χ1) is 13.8. The Balaban J connectivity index is 1.75. The van der Waals surface area contributed by atoms with Gasteiger partial charge in [0.2, 0.25) is 5.43 Å². The smallest absolute Gasteiger partial charge is 0.211 e. The Labute approximate surface area is 174 Å². The molecule has 5 rings (SSSR count). The Bertz CT molecular complexity index is 1080. The second-order valence-electron chi connectivity index (χ2n) is 7.95. The third-order valence-electron chi connectivity index (χ3n) is 6.08. The van der Waals surface area contributed by atoms with Crippen molar-refractivity contribution in [2.45, 2.75) is 69.5 Å². The maximum atomic E-state index is 13.4. The van der Waals surface area contributed by atoms with Gasteiger partial charge >= 0.3 is 0 Å². The number of hydrogen-bond donors (Lipinski definition) is 0. The standard InChI is InChI=1S/C23H26N2OS2/c1-2-14-27-23-24-19-20(26)18-13-12-15-8-6-7-11-17(15)21(18)28-22(19)25(23)16-9-4-3-5-10-16/h6-8,11,16H,2-5,9-10,12-14H2,1H3. The van der Waals surface area contributed by atoms with Gasteiger partial charge < -0.3 is 4.57 Å². The molecule has 0 saturated heterocycles. The molecule has 2 aliphatic rings. The first kappa shape index (κ1) is 18.4. The van der Waals surface area contributed by atoms with Crippen LogP contribution in [0.1, 0.15) is 62.6 Å². The van der Waals surface area contributed by atoms with Gasteiger partial charge in [-0.05, 0) is 43.2 Å². The number of aryl methyl sites for hydroxylation is 1. The minimum atomic E-state index is 0.172. The van der Waals surface area contributed by atoms with E-state index in [1.165, 1.54) is 48.1 Å². The highest BCUT2D eigenvalue weighted by Gasteiger charge is 2.27. The summed E-state index contributed by atoms with van der Waals surface area (Å²) in [6, 6.07) is 9.09. The highest BCUT2D eigenvalue weighted by molar-refractivity contribution is 7.99. The Morgan fingerprint density at radius 2 is 2.00 bits per heavy atom. The summed E-state index contributed by atoms with van der Waals surface area (Å²) in [5.41, 5.74) is 4.50. The predicted octanol–water partition coefficient (Wildman–Crippen LogP) is 6.23. The Morgan fingerprint density at radius 3 is 2.82 bits per heavy atom. The number of aromatic nitrogens is 2. The van der Waals surface area contributed by atoms with E-state index in [1.807, 2.05) is 23.1 Å². The van der Waals surface area contributed by atoms with Crippen molar-refractivity contribution in [3.05, 3.63) is 45.6 Å². The minimum absolute atomic E-state index is 0.172. The molecule has 0 unspecified atom stereocenters. The van der Waals surface area contributed by atoms with Crippen LogP contribution in [-0.4, -0.2) is 15.3 Å².